The summed E-state index contributed by atoms with van der Waals surface area (Å²) in [5.41, 5.74) is 6.08. The van der Waals surface area contributed by atoms with E-state index in [0.717, 1.165) is 16.7 Å². The van der Waals surface area contributed by atoms with Crippen LogP contribution < -0.4 is 11.4 Å². The van der Waals surface area contributed by atoms with E-state index >= 15 is 4.39 Å². The van der Waals surface area contributed by atoms with Crippen LogP contribution in [0.2, 0.25) is 0 Å². The lowest BCUT2D eigenvalue weighted by molar-refractivity contribution is -0.181. The number of ether oxygens (including phenoxy) is 4. The minimum absolute atomic E-state index is 0.0509. The van der Waals surface area contributed by atoms with Gasteiger partial charge in [-0.05, 0) is 22.8 Å². The summed E-state index contributed by atoms with van der Waals surface area (Å²) in [6.45, 7) is -0.325. The topological polar surface area (TPSA) is 97.8 Å². The summed E-state index contributed by atoms with van der Waals surface area (Å²) in [6, 6.07) is 30.1. The minimum atomic E-state index is -1.69. The smallest absolute Gasteiger partial charge is 0.351 e. The molecule has 0 bridgehead atoms. The van der Waals surface area contributed by atoms with Crippen LogP contribution in [0.25, 0.3) is 0 Å². The van der Waals surface area contributed by atoms with Crippen LogP contribution in [0.4, 0.5) is 10.2 Å². The van der Waals surface area contributed by atoms with Gasteiger partial charge in [-0.2, -0.15) is 4.98 Å². The molecule has 1 aliphatic heterocycles. The van der Waals surface area contributed by atoms with E-state index in [4.69, 9.17) is 24.7 Å². The second kappa shape index (κ2) is 13.0. The van der Waals surface area contributed by atoms with E-state index < -0.39 is 36.4 Å². The van der Waals surface area contributed by atoms with Crippen LogP contribution >= 0.6 is 0 Å². The van der Waals surface area contributed by atoms with Crippen molar-refractivity contribution in [3.8, 4) is 0 Å². The molecule has 4 aromatic rings. The standard InChI is InChI=1S/C31H32FN3O5/c32-22-31(39-20-25-14-8-3-9-15-25)28(38-19-24-12-6-2-7-13-24)26(21-37-18-23-10-4-1-5-11-23)40-29(31)35-17-16-27(33)34-30(35)36/h1-17,26,28-29H,18-22H2,(H2,33,34,36). The Bertz CT molecular complexity index is 1410. The van der Waals surface area contributed by atoms with Crippen molar-refractivity contribution in [1.29, 1.82) is 0 Å². The van der Waals surface area contributed by atoms with Crippen LogP contribution in [0, 0.1) is 0 Å². The molecule has 1 aromatic heterocycles. The highest BCUT2D eigenvalue weighted by Gasteiger charge is 2.60. The van der Waals surface area contributed by atoms with Gasteiger partial charge in [-0.15, -0.1) is 0 Å². The molecule has 2 heterocycles. The number of rotatable bonds is 12. The molecule has 0 aliphatic carbocycles. The quantitative estimate of drug-likeness (QED) is 0.281. The van der Waals surface area contributed by atoms with Gasteiger partial charge < -0.3 is 24.7 Å². The highest BCUT2D eigenvalue weighted by Crippen LogP contribution is 2.44. The molecule has 0 spiro atoms. The van der Waals surface area contributed by atoms with Gasteiger partial charge in [0.15, 0.2) is 11.8 Å². The van der Waals surface area contributed by atoms with Gasteiger partial charge >= 0.3 is 5.69 Å². The number of hydrogen-bond donors (Lipinski definition) is 1. The largest absolute Gasteiger partial charge is 0.383 e. The number of nitrogen functional groups attached to an aromatic ring is 1. The average Bonchev–Trinajstić information content (AvgIpc) is 3.29. The summed E-state index contributed by atoms with van der Waals surface area (Å²) in [4.78, 5) is 16.8. The third kappa shape index (κ3) is 6.29. The summed E-state index contributed by atoms with van der Waals surface area (Å²) in [7, 11) is 0. The fourth-order valence-electron chi connectivity index (χ4n) is 4.84. The van der Waals surface area contributed by atoms with E-state index in [0.29, 0.717) is 6.61 Å². The molecule has 208 valence electrons. The molecule has 1 fully saturated rings. The van der Waals surface area contributed by atoms with Crippen LogP contribution in [-0.4, -0.2) is 40.6 Å². The highest BCUT2D eigenvalue weighted by molar-refractivity contribution is 5.24. The second-order valence-corrected chi connectivity index (χ2v) is 9.65. The van der Waals surface area contributed by atoms with Crippen molar-refractivity contribution in [2.24, 2.45) is 0 Å². The Labute approximate surface area is 232 Å². The van der Waals surface area contributed by atoms with Gasteiger partial charge in [-0.3, -0.25) is 4.57 Å². The van der Waals surface area contributed by atoms with Gasteiger partial charge in [-0.25, -0.2) is 9.18 Å². The Morgan fingerprint density at radius 2 is 1.43 bits per heavy atom. The first-order valence-electron chi connectivity index (χ1n) is 13.1. The van der Waals surface area contributed by atoms with Crippen LogP contribution in [0.5, 0.6) is 0 Å². The number of alkyl halides is 1. The molecule has 4 atom stereocenters. The minimum Gasteiger partial charge on any atom is -0.383 e. The molecule has 4 unspecified atom stereocenters. The van der Waals surface area contributed by atoms with Crippen molar-refractivity contribution in [2.75, 3.05) is 19.0 Å². The Kier molecular flexibility index (Phi) is 8.98. The van der Waals surface area contributed by atoms with E-state index in [1.807, 2.05) is 91.0 Å². The third-order valence-corrected chi connectivity index (χ3v) is 6.87. The zero-order valence-electron chi connectivity index (χ0n) is 22.0. The maximum Gasteiger partial charge on any atom is 0.351 e. The maximum atomic E-state index is 15.5. The molecule has 1 saturated heterocycles. The summed E-state index contributed by atoms with van der Waals surface area (Å²) < 4.78 is 41.8. The van der Waals surface area contributed by atoms with Gasteiger partial charge in [0.2, 0.25) is 0 Å². The third-order valence-electron chi connectivity index (χ3n) is 6.87. The number of hydrogen-bond acceptors (Lipinski definition) is 7. The van der Waals surface area contributed by atoms with Crippen molar-refractivity contribution < 1.29 is 23.3 Å². The van der Waals surface area contributed by atoms with Crippen LogP contribution in [0.15, 0.2) is 108 Å². The molecule has 1 aliphatic rings. The predicted molar refractivity (Wildman–Crippen MR) is 148 cm³/mol. The lowest BCUT2D eigenvalue weighted by Gasteiger charge is -2.36. The summed E-state index contributed by atoms with van der Waals surface area (Å²) in [5, 5.41) is 0. The van der Waals surface area contributed by atoms with Crippen molar-refractivity contribution in [1.82, 2.24) is 9.55 Å². The highest BCUT2D eigenvalue weighted by atomic mass is 19.1. The Morgan fingerprint density at radius 1 is 0.850 bits per heavy atom. The van der Waals surface area contributed by atoms with Gasteiger partial charge in [0.05, 0.1) is 26.4 Å². The SMILES string of the molecule is Nc1ccn(C2OC(COCc3ccccc3)C(OCc3ccccc3)C2(CF)OCc2ccccc2)c(=O)n1. The molecule has 3 aromatic carbocycles. The fraction of sp³-hybridized carbons (Fsp3) is 0.290. The van der Waals surface area contributed by atoms with Crippen molar-refractivity contribution in [3.63, 3.8) is 0 Å². The summed E-state index contributed by atoms with van der Waals surface area (Å²) in [5.74, 6) is 0.0509. The van der Waals surface area contributed by atoms with Gasteiger partial charge in [0, 0.05) is 6.20 Å². The van der Waals surface area contributed by atoms with Crippen LogP contribution in [0.1, 0.15) is 22.9 Å². The summed E-state index contributed by atoms with van der Waals surface area (Å²) >= 11 is 0. The predicted octanol–water partition coefficient (Wildman–Crippen LogP) is 4.45. The van der Waals surface area contributed by atoms with Gasteiger partial charge in [0.1, 0.15) is 24.7 Å². The Balaban J connectivity index is 1.48. The van der Waals surface area contributed by atoms with Crippen molar-refractivity contribution >= 4 is 5.82 Å². The first-order valence-corrected chi connectivity index (χ1v) is 13.1. The lowest BCUT2D eigenvalue weighted by atomic mass is 9.94. The molecule has 0 amide bonds. The zero-order valence-corrected chi connectivity index (χ0v) is 22.0. The Morgan fingerprint density at radius 3 is 2.00 bits per heavy atom. The maximum absolute atomic E-state index is 15.5. The number of halogens is 1. The van der Waals surface area contributed by atoms with E-state index in [-0.39, 0.29) is 25.6 Å². The first kappa shape index (κ1) is 27.7. The Hall–Kier alpha value is -3.89. The molecule has 5 rings (SSSR count). The fourth-order valence-corrected chi connectivity index (χ4v) is 4.84. The second-order valence-electron chi connectivity index (χ2n) is 9.65. The molecule has 2 N–H and O–H groups in total. The van der Waals surface area contributed by atoms with Crippen molar-refractivity contribution in [2.45, 2.75) is 43.9 Å². The van der Waals surface area contributed by atoms with E-state index in [2.05, 4.69) is 4.98 Å². The zero-order chi connectivity index (χ0) is 27.8. The molecular formula is C31H32FN3O5. The molecule has 8 nitrogen and oxygen atoms in total. The number of anilines is 1. The van der Waals surface area contributed by atoms with Gasteiger partial charge in [-0.1, -0.05) is 91.0 Å². The molecule has 0 radical (unpaired) electrons. The number of benzene rings is 3. The van der Waals surface area contributed by atoms with E-state index in [1.165, 1.54) is 16.8 Å². The normalized spacial score (nSPS) is 22.4. The monoisotopic (exact) mass is 545 g/mol. The first-order chi connectivity index (χ1) is 19.6. The lowest BCUT2D eigenvalue weighted by Crippen LogP contribution is -2.53. The molecule has 0 saturated carbocycles. The van der Waals surface area contributed by atoms with Crippen LogP contribution in [-0.2, 0) is 38.8 Å². The van der Waals surface area contributed by atoms with Crippen molar-refractivity contribution in [3.05, 3.63) is 130 Å². The average molecular weight is 546 g/mol. The summed E-state index contributed by atoms with van der Waals surface area (Å²) in [6.07, 6.45) is -1.43. The molecule has 9 heteroatoms. The number of nitrogens with zero attached hydrogens (tertiary/aromatic N) is 2. The molecule has 40 heavy (non-hydrogen) atoms. The van der Waals surface area contributed by atoms with Gasteiger partial charge in [0.25, 0.3) is 0 Å². The van der Waals surface area contributed by atoms with E-state index in [9.17, 15) is 4.79 Å². The number of aromatic nitrogens is 2. The number of nitrogens with two attached hydrogens (primary N) is 1. The van der Waals surface area contributed by atoms with E-state index in [1.54, 1.807) is 0 Å². The molecular weight excluding hydrogens is 513 g/mol. The van der Waals surface area contributed by atoms with Crippen LogP contribution in [0.3, 0.4) is 0 Å².